The Bertz CT molecular complexity index is 361. The highest BCUT2D eigenvalue weighted by Gasteiger charge is 2.44. The molecule has 0 unspecified atom stereocenters. The molecule has 1 aromatic rings. The lowest BCUT2D eigenvalue weighted by Crippen LogP contribution is -2.21. The van der Waals surface area contributed by atoms with Crippen LogP contribution in [0.5, 0.6) is 0 Å². The van der Waals surface area contributed by atoms with Crippen molar-refractivity contribution in [3.63, 3.8) is 0 Å². The molecule has 3 nitrogen and oxygen atoms in total. The fraction of sp³-hybridized carbons (Fsp3) is 0.667. The van der Waals surface area contributed by atoms with Gasteiger partial charge in [0.05, 0.1) is 0 Å². The Balaban J connectivity index is 1.94. The summed E-state index contributed by atoms with van der Waals surface area (Å²) in [6.07, 6.45) is 6.35. The van der Waals surface area contributed by atoms with Gasteiger partial charge in [0, 0.05) is 12.6 Å². The highest BCUT2D eigenvalue weighted by Crippen LogP contribution is 2.51. The van der Waals surface area contributed by atoms with Crippen molar-refractivity contribution in [3.8, 4) is 0 Å². The largest absolute Gasteiger partial charge is 0.369 e. The molecule has 1 heterocycles. The Morgan fingerprint density at radius 2 is 2.19 bits per heavy atom. The second kappa shape index (κ2) is 4.62. The SMILES string of the molecule is CSc1cc(NCC2(C(C)C)CC2)ncn1. The summed E-state index contributed by atoms with van der Waals surface area (Å²) in [6.45, 7) is 5.65. The topological polar surface area (TPSA) is 37.8 Å². The minimum absolute atomic E-state index is 0.518. The van der Waals surface area contributed by atoms with E-state index in [4.69, 9.17) is 0 Å². The molecule has 1 aliphatic carbocycles. The van der Waals surface area contributed by atoms with E-state index in [9.17, 15) is 0 Å². The van der Waals surface area contributed by atoms with Crippen LogP contribution in [0.4, 0.5) is 5.82 Å². The third-order valence-corrected chi connectivity index (χ3v) is 4.23. The van der Waals surface area contributed by atoms with E-state index in [1.54, 1.807) is 18.1 Å². The Kier molecular flexibility index (Phi) is 3.38. The Hall–Kier alpha value is -0.770. The molecule has 16 heavy (non-hydrogen) atoms. The monoisotopic (exact) mass is 237 g/mol. The van der Waals surface area contributed by atoms with Gasteiger partial charge in [-0.05, 0) is 30.4 Å². The lowest BCUT2D eigenvalue weighted by Gasteiger charge is -2.20. The van der Waals surface area contributed by atoms with Crippen LogP contribution >= 0.6 is 11.8 Å². The van der Waals surface area contributed by atoms with Gasteiger partial charge in [0.1, 0.15) is 17.2 Å². The number of rotatable bonds is 5. The van der Waals surface area contributed by atoms with E-state index in [2.05, 4.69) is 29.1 Å². The molecule has 0 amide bonds. The van der Waals surface area contributed by atoms with Crippen molar-refractivity contribution in [3.05, 3.63) is 12.4 Å². The smallest absolute Gasteiger partial charge is 0.130 e. The maximum absolute atomic E-state index is 4.24. The first-order valence-electron chi connectivity index (χ1n) is 5.76. The van der Waals surface area contributed by atoms with Gasteiger partial charge in [-0.25, -0.2) is 9.97 Å². The second-order valence-corrected chi connectivity index (χ2v) is 5.64. The van der Waals surface area contributed by atoms with E-state index in [1.807, 2.05) is 12.3 Å². The van der Waals surface area contributed by atoms with Crippen molar-refractivity contribution in [2.75, 3.05) is 18.1 Å². The van der Waals surface area contributed by atoms with Crippen LogP contribution in [0.3, 0.4) is 0 Å². The summed E-state index contributed by atoms with van der Waals surface area (Å²) in [5.74, 6) is 1.70. The average Bonchev–Trinajstić information content (AvgIpc) is 3.08. The van der Waals surface area contributed by atoms with E-state index in [0.717, 1.165) is 23.3 Å². The maximum atomic E-state index is 4.24. The molecule has 0 radical (unpaired) electrons. The summed E-state index contributed by atoms with van der Waals surface area (Å²) < 4.78 is 0. The number of nitrogens with zero attached hydrogens (tertiary/aromatic N) is 2. The Labute approximate surface area is 101 Å². The van der Waals surface area contributed by atoms with Crippen LogP contribution < -0.4 is 5.32 Å². The van der Waals surface area contributed by atoms with Gasteiger partial charge in [0.25, 0.3) is 0 Å². The van der Waals surface area contributed by atoms with Crippen molar-refractivity contribution < 1.29 is 0 Å². The molecule has 1 N–H and O–H groups in total. The van der Waals surface area contributed by atoms with Gasteiger partial charge < -0.3 is 5.32 Å². The zero-order valence-electron chi connectivity index (χ0n) is 10.2. The molecular formula is C12H19N3S. The van der Waals surface area contributed by atoms with Gasteiger partial charge in [-0.1, -0.05) is 13.8 Å². The fourth-order valence-corrected chi connectivity index (χ4v) is 2.32. The van der Waals surface area contributed by atoms with E-state index in [-0.39, 0.29) is 0 Å². The molecule has 0 atom stereocenters. The highest BCUT2D eigenvalue weighted by molar-refractivity contribution is 7.98. The Morgan fingerprint density at radius 1 is 1.44 bits per heavy atom. The third-order valence-electron chi connectivity index (χ3n) is 3.59. The van der Waals surface area contributed by atoms with Gasteiger partial charge in [0.2, 0.25) is 0 Å². The molecule has 0 aliphatic heterocycles. The number of anilines is 1. The molecule has 0 aromatic carbocycles. The van der Waals surface area contributed by atoms with Crippen LogP contribution in [-0.4, -0.2) is 22.8 Å². The van der Waals surface area contributed by atoms with Gasteiger partial charge in [-0.15, -0.1) is 11.8 Å². The summed E-state index contributed by atoms with van der Waals surface area (Å²) in [7, 11) is 0. The molecule has 2 rings (SSSR count). The highest BCUT2D eigenvalue weighted by atomic mass is 32.2. The van der Waals surface area contributed by atoms with Gasteiger partial charge in [0.15, 0.2) is 0 Å². The van der Waals surface area contributed by atoms with Crippen molar-refractivity contribution in [1.82, 2.24) is 9.97 Å². The van der Waals surface area contributed by atoms with Crippen molar-refractivity contribution in [2.45, 2.75) is 31.7 Å². The molecule has 0 bridgehead atoms. The van der Waals surface area contributed by atoms with Crippen molar-refractivity contribution in [1.29, 1.82) is 0 Å². The summed E-state index contributed by atoms with van der Waals surface area (Å²) in [6, 6.07) is 2.01. The fourth-order valence-electron chi connectivity index (χ4n) is 1.93. The first kappa shape index (κ1) is 11.7. The maximum Gasteiger partial charge on any atom is 0.130 e. The van der Waals surface area contributed by atoms with E-state index in [0.29, 0.717) is 5.41 Å². The number of hydrogen-bond acceptors (Lipinski definition) is 4. The van der Waals surface area contributed by atoms with Gasteiger partial charge >= 0.3 is 0 Å². The Morgan fingerprint density at radius 3 is 2.75 bits per heavy atom. The van der Waals surface area contributed by atoms with E-state index in [1.165, 1.54) is 12.8 Å². The number of thioether (sulfide) groups is 1. The summed E-state index contributed by atoms with van der Waals surface area (Å²) in [4.78, 5) is 8.41. The quantitative estimate of drug-likeness (QED) is 0.631. The lowest BCUT2D eigenvalue weighted by atomic mass is 9.92. The minimum atomic E-state index is 0.518. The summed E-state index contributed by atoms with van der Waals surface area (Å²) >= 11 is 1.65. The van der Waals surface area contributed by atoms with Gasteiger partial charge in [-0.3, -0.25) is 0 Å². The first-order chi connectivity index (χ1) is 7.66. The van der Waals surface area contributed by atoms with Crippen LogP contribution in [0.1, 0.15) is 26.7 Å². The van der Waals surface area contributed by atoms with Crippen LogP contribution in [0, 0.1) is 11.3 Å². The van der Waals surface area contributed by atoms with Gasteiger partial charge in [-0.2, -0.15) is 0 Å². The zero-order chi connectivity index (χ0) is 11.6. The van der Waals surface area contributed by atoms with Crippen molar-refractivity contribution in [2.24, 2.45) is 11.3 Å². The first-order valence-corrected chi connectivity index (χ1v) is 6.99. The van der Waals surface area contributed by atoms with E-state index < -0.39 is 0 Å². The van der Waals surface area contributed by atoms with Crippen LogP contribution in [0.25, 0.3) is 0 Å². The molecular weight excluding hydrogens is 218 g/mol. The lowest BCUT2D eigenvalue weighted by molar-refractivity contribution is 0.380. The van der Waals surface area contributed by atoms with Crippen LogP contribution in [0.15, 0.2) is 17.4 Å². The molecule has 88 valence electrons. The molecule has 0 saturated heterocycles. The van der Waals surface area contributed by atoms with Crippen LogP contribution in [-0.2, 0) is 0 Å². The summed E-state index contributed by atoms with van der Waals surface area (Å²) in [5, 5.41) is 4.46. The molecule has 4 heteroatoms. The molecule has 1 saturated carbocycles. The number of nitrogens with one attached hydrogen (secondary N) is 1. The standard InChI is InChI=1S/C12H19N3S/c1-9(2)12(4-5-12)7-13-10-6-11(16-3)15-8-14-10/h6,8-9H,4-5,7H2,1-3H3,(H,13,14,15). The number of aromatic nitrogens is 2. The second-order valence-electron chi connectivity index (χ2n) is 4.82. The minimum Gasteiger partial charge on any atom is -0.369 e. The van der Waals surface area contributed by atoms with Crippen molar-refractivity contribution >= 4 is 17.6 Å². The molecule has 1 fully saturated rings. The van der Waals surface area contributed by atoms with E-state index >= 15 is 0 Å². The predicted octanol–water partition coefficient (Wildman–Crippen LogP) is 3.05. The van der Waals surface area contributed by atoms with Crippen LogP contribution in [0.2, 0.25) is 0 Å². The normalized spacial score (nSPS) is 17.5. The molecule has 0 spiro atoms. The zero-order valence-corrected chi connectivity index (χ0v) is 11.0. The third kappa shape index (κ3) is 2.48. The molecule has 1 aromatic heterocycles. The summed E-state index contributed by atoms with van der Waals surface area (Å²) in [5.41, 5.74) is 0.518. The molecule has 1 aliphatic rings. The number of hydrogen-bond donors (Lipinski definition) is 1. The predicted molar refractivity (Wildman–Crippen MR) is 68.8 cm³/mol. The average molecular weight is 237 g/mol.